The van der Waals surface area contributed by atoms with E-state index in [0.29, 0.717) is 0 Å². The van der Waals surface area contributed by atoms with Gasteiger partial charge < -0.3 is 15.5 Å². The molecule has 2 aliphatic heterocycles. The van der Waals surface area contributed by atoms with Gasteiger partial charge in [0.25, 0.3) is 0 Å². The summed E-state index contributed by atoms with van der Waals surface area (Å²) in [4.78, 5) is 17.0. The van der Waals surface area contributed by atoms with Gasteiger partial charge in [0.05, 0.1) is 17.9 Å². The van der Waals surface area contributed by atoms with E-state index >= 15 is 0 Å². The van der Waals surface area contributed by atoms with Crippen molar-refractivity contribution in [3.8, 4) is 0 Å². The molecule has 0 saturated carbocycles. The SMILES string of the molecule is NC(=O)CN1C(c2ccccc2)=CN2c3ccccc3SC12. The molecule has 4 rings (SSSR count). The number of benzene rings is 2. The Balaban J connectivity index is 1.78. The first-order valence-corrected chi connectivity index (χ1v) is 7.98. The first kappa shape index (κ1) is 13.3. The van der Waals surface area contributed by atoms with Crippen molar-refractivity contribution < 1.29 is 4.79 Å². The van der Waals surface area contributed by atoms with E-state index in [9.17, 15) is 4.79 Å². The zero-order valence-corrected chi connectivity index (χ0v) is 12.7. The van der Waals surface area contributed by atoms with Gasteiger partial charge in [0, 0.05) is 11.1 Å². The molecule has 1 unspecified atom stereocenters. The van der Waals surface area contributed by atoms with Crippen LogP contribution in [0, 0.1) is 0 Å². The Kier molecular flexibility index (Phi) is 3.08. The maximum atomic E-state index is 11.5. The minimum Gasteiger partial charge on any atom is -0.368 e. The van der Waals surface area contributed by atoms with Gasteiger partial charge >= 0.3 is 0 Å². The molecule has 0 saturated heterocycles. The molecule has 5 heteroatoms. The summed E-state index contributed by atoms with van der Waals surface area (Å²) in [5, 5.41) is 0. The Labute approximate surface area is 133 Å². The standard InChI is InChI=1S/C17H15N3OS/c18-16(21)11-20-14(12-6-2-1-3-7-12)10-19-13-8-4-5-9-15(13)22-17(19)20/h1-10,17H,11H2,(H2,18,21). The summed E-state index contributed by atoms with van der Waals surface area (Å²) in [5.41, 5.74) is 8.83. The molecule has 0 spiro atoms. The lowest BCUT2D eigenvalue weighted by Crippen LogP contribution is -2.39. The molecule has 0 bridgehead atoms. The van der Waals surface area contributed by atoms with Crippen LogP contribution in [0.4, 0.5) is 5.69 Å². The number of para-hydroxylation sites is 1. The third-order valence-electron chi connectivity index (χ3n) is 3.85. The van der Waals surface area contributed by atoms with Gasteiger partial charge in [0.1, 0.15) is 0 Å². The molecule has 22 heavy (non-hydrogen) atoms. The zero-order valence-electron chi connectivity index (χ0n) is 11.8. The maximum absolute atomic E-state index is 11.5. The molecule has 2 aliphatic rings. The quantitative estimate of drug-likeness (QED) is 0.947. The number of carbonyl (C=O) groups excluding carboxylic acids is 1. The van der Waals surface area contributed by atoms with Gasteiger partial charge in [-0.2, -0.15) is 0 Å². The molecular weight excluding hydrogens is 294 g/mol. The number of anilines is 1. The fourth-order valence-corrected chi connectivity index (χ4v) is 4.19. The Morgan fingerprint density at radius 2 is 1.82 bits per heavy atom. The minimum atomic E-state index is -0.319. The average molecular weight is 309 g/mol. The Bertz CT molecular complexity index is 760. The first-order valence-electron chi connectivity index (χ1n) is 7.10. The van der Waals surface area contributed by atoms with Gasteiger partial charge in [-0.15, -0.1) is 0 Å². The predicted octanol–water partition coefficient (Wildman–Crippen LogP) is 2.68. The lowest BCUT2D eigenvalue weighted by atomic mass is 10.1. The van der Waals surface area contributed by atoms with E-state index in [1.807, 2.05) is 30.3 Å². The molecular formula is C17H15N3OS. The molecule has 4 nitrogen and oxygen atoms in total. The van der Waals surface area contributed by atoms with Crippen molar-refractivity contribution in [2.75, 3.05) is 11.4 Å². The third kappa shape index (κ3) is 2.05. The Morgan fingerprint density at radius 1 is 1.09 bits per heavy atom. The smallest absolute Gasteiger partial charge is 0.237 e. The lowest BCUT2D eigenvalue weighted by molar-refractivity contribution is -0.118. The number of hydrogen-bond acceptors (Lipinski definition) is 4. The first-order chi connectivity index (χ1) is 10.7. The van der Waals surface area contributed by atoms with Crippen molar-refractivity contribution >= 4 is 29.1 Å². The van der Waals surface area contributed by atoms with Gasteiger partial charge in [0.2, 0.25) is 5.91 Å². The molecule has 2 aromatic rings. The minimum absolute atomic E-state index is 0.0557. The highest BCUT2D eigenvalue weighted by Crippen LogP contribution is 2.50. The van der Waals surface area contributed by atoms with Crippen LogP contribution in [0.15, 0.2) is 65.7 Å². The van der Waals surface area contributed by atoms with Crippen molar-refractivity contribution in [1.29, 1.82) is 0 Å². The van der Waals surface area contributed by atoms with Crippen LogP contribution in [0.3, 0.4) is 0 Å². The van der Waals surface area contributed by atoms with Gasteiger partial charge in [-0.3, -0.25) is 4.79 Å². The third-order valence-corrected chi connectivity index (χ3v) is 5.14. The van der Waals surface area contributed by atoms with Gasteiger partial charge in [-0.1, -0.05) is 54.2 Å². The summed E-state index contributed by atoms with van der Waals surface area (Å²) in [6, 6.07) is 18.4. The number of nitrogens with two attached hydrogens (primary N) is 1. The van der Waals surface area contributed by atoms with Crippen molar-refractivity contribution in [2.45, 2.75) is 10.4 Å². The van der Waals surface area contributed by atoms with E-state index in [1.165, 1.54) is 10.6 Å². The summed E-state index contributed by atoms with van der Waals surface area (Å²) in [6.07, 6.45) is 2.11. The molecule has 2 aromatic carbocycles. The van der Waals surface area contributed by atoms with Crippen molar-refractivity contribution in [3.05, 3.63) is 66.4 Å². The largest absolute Gasteiger partial charge is 0.368 e. The molecule has 0 fully saturated rings. The number of fused-ring (bicyclic) bond motifs is 3. The predicted molar refractivity (Wildman–Crippen MR) is 88.9 cm³/mol. The van der Waals surface area contributed by atoms with Gasteiger partial charge in [0.15, 0.2) is 5.50 Å². The maximum Gasteiger partial charge on any atom is 0.237 e. The molecule has 2 heterocycles. The van der Waals surface area contributed by atoms with Crippen LogP contribution < -0.4 is 10.6 Å². The van der Waals surface area contributed by atoms with Crippen LogP contribution >= 0.6 is 11.8 Å². The molecule has 1 amide bonds. The van der Waals surface area contributed by atoms with Crippen molar-refractivity contribution in [1.82, 2.24) is 4.90 Å². The van der Waals surface area contributed by atoms with Gasteiger partial charge in [-0.25, -0.2) is 0 Å². The molecule has 1 atom stereocenters. The van der Waals surface area contributed by atoms with Crippen molar-refractivity contribution in [3.63, 3.8) is 0 Å². The van der Waals surface area contributed by atoms with Crippen LogP contribution in [0.25, 0.3) is 5.70 Å². The Hall–Kier alpha value is -2.40. The van der Waals surface area contributed by atoms with E-state index in [4.69, 9.17) is 5.73 Å². The molecule has 0 aromatic heterocycles. The topological polar surface area (TPSA) is 49.6 Å². The second-order valence-corrected chi connectivity index (χ2v) is 6.39. The van der Waals surface area contributed by atoms with Crippen LogP contribution in [0.1, 0.15) is 5.56 Å². The van der Waals surface area contributed by atoms with E-state index in [2.05, 4.69) is 40.3 Å². The van der Waals surface area contributed by atoms with Crippen LogP contribution in [0.2, 0.25) is 0 Å². The average Bonchev–Trinajstić information content (AvgIpc) is 3.05. The van der Waals surface area contributed by atoms with E-state index in [1.54, 1.807) is 11.8 Å². The highest BCUT2D eigenvalue weighted by Gasteiger charge is 2.40. The van der Waals surface area contributed by atoms with Crippen LogP contribution in [0.5, 0.6) is 0 Å². The molecule has 110 valence electrons. The highest BCUT2D eigenvalue weighted by molar-refractivity contribution is 8.00. The van der Waals surface area contributed by atoms with Crippen LogP contribution in [-0.4, -0.2) is 22.8 Å². The highest BCUT2D eigenvalue weighted by atomic mass is 32.2. The number of nitrogens with zero attached hydrogens (tertiary/aromatic N) is 2. The number of rotatable bonds is 3. The summed E-state index contributed by atoms with van der Waals surface area (Å²) < 4.78 is 0. The van der Waals surface area contributed by atoms with Gasteiger partial charge in [-0.05, 0) is 17.7 Å². The summed E-state index contributed by atoms with van der Waals surface area (Å²) in [5.74, 6) is -0.319. The number of primary amides is 1. The molecule has 0 aliphatic carbocycles. The summed E-state index contributed by atoms with van der Waals surface area (Å²) >= 11 is 1.75. The van der Waals surface area contributed by atoms with Crippen molar-refractivity contribution in [2.24, 2.45) is 5.73 Å². The number of amides is 1. The fourth-order valence-electron chi connectivity index (χ4n) is 2.91. The Morgan fingerprint density at radius 3 is 2.59 bits per heavy atom. The van der Waals surface area contributed by atoms with E-state index < -0.39 is 0 Å². The van der Waals surface area contributed by atoms with Crippen LogP contribution in [-0.2, 0) is 4.79 Å². The lowest BCUT2D eigenvalue weighted by Gasteiger charge is -2.27. The monoisotopic (exact) mass is 309 g/mol. The number of thioether (sulfide) groups is 1. The second kappa shape index (κ2) is 5.10. The zero-order chi connectivity index (χ0) is 15.1. The molecule has 0 radical (unpaired) electrons. The summed E-state index contributed by atoms with van der Waals surface area (Å²) in [7, 11) is 0. The fraction of sp³-hybridized carbons (Fsp3) is 0.118. The molecule has 2 N–H and O–H groups in total. The number of hydrogen-bond donors (Lipinski definition) is 1. The normalized spacial score (nSPS) is 18.9. The second-order valence-electron chi connectivity index (χ2n) is 5.29. The van der Waals surface area contributed by atoms with E-state index in [0.717, 1.165) is 11.3 Å². The number of carbonyl (C=O) groups is 1. The van der Waals surface area contributed by atoms with E-state index in [-0.39, 0.29) is 17.9 Å². The summed E-state index contributed by atoms with van der Waals surface area (Å²) in [6.45, 7) is 0.211.